The van der Waals surface area contributed by atoms with E-state index in [4.69, 9.17) is 4.74 Å². The third-order valence-corrected chi connectivity index (χ3v) is 9.45. The number of nitrogens with two attached hydrogens (primary N) is 1. The number of aliphatic carboxylic acids is 1. The first kappa shape index (κ1) is 25.9. The summed E-state index contributed by atoms with van der Waals surface area (Å²) < 4.78 is 6.36. The number of carbonyl (C=O) groups is 1. The summed E-state index contributed by atoms with van der Waals surface area (Å²) in [6, 6.07) is 18.9. The van der Waals surface area contributed by atoms with E-state index in [0.29, 0.717) is 0 Å². The molecule has 1 saturated heterocycles. The van der Waals surface area contributed by atoms with E-state index in [2.05, 4.69) is 72.3 Å². The summed E-state index contributed by atoms with van der Waals surface area (Å²) in [5.41, 5.74) is 0. The van der Waals surface area contributed by atoms with Gasteiger partial charge in [0.1, 0.15) is 11.9 Å². The molecule has 4 rings (SSSR count). The molecule has 0 aliphatic carbocycles. The average molecular weight is 504 g/mol. The zero-order valence-electron chi connectivity index (χ0n) is 19.1. The summed E-state index contributed by atoms with van der Waals surface area (Å²) in [6.45, 7) is 1.06. The molecule has 1 aliphatic rings. The van der Waals surface area contributed by atoms with Crippen molar-refractivity contribution in [2.75, 3.05) is 19.3 Å². The van der Waals surface area contributed by atoms with Crippen LogP contribution in [0.3, 0.4) is 0 Å². The lowest BCUT2D eigenvalue weighted by molar-refractivity contribution is -0.628. The number of carboxylic acids is 1. The molecule has 7 heteroatoms. The summed E-state index contributed by atoms with van der Waals surface area (Å²) in [5.74, 6) is 1.32. The molecular formula is C26H33NO3S3. The van der Waals surface area contributed by atoms with Crippen LogP contribution in [0.2, 0.25) is 0 Å². The Bertz CT molecular complexity index is 953. The Morgan fingerprint density at radius 2 is 2.00 bits per heavy atom. The van der Waals surface area contributed by atoms with Gasteiger partial charge in [-0.25, -0.2) is 0 Å². The van der Waals surface area contributed by atoms with Gasteiger partial charge in [0.2, 0.25) is 0 Å². The SMILES string of the molecule is C[NH2+]CCC(Oc1cccc2ccccc12)c1cccs1.O=C([O-])CCCC[C@@H]1CCSS1. The number of carboxylic acid groups (broad SMARTS) is 1. The maximum absolute atomic E-state index is 10.1. The number of benzene rings is 2. The van der Waals surface area contributed by atoms with Gasteiger partial charge in [0, 0.05) is 33.7 Å². The lowest BCUT2D eigenvalue weighted by atomic mass is 10.1. The largest absolute Gasteiger partial charge is 0.550 e. The van der Waals surface area contributed by atoms with Crippen molar-refractivity contribution in [3.8, 4) is 5.75 Å². The lowest BCUT2D eigenvalue weighted by Crippen LogP contribution is -2.79. The highest BCUT2D eigenvalue weighted by molar-refractivity contribution is 8.77. The quantitative estimate of drug-likeness (QED) is 0.293. The van der Waals surface area contributed by atoms with Crippen LogP contribution >= 0.6 is 32.9 Å². The van der Waals surface area contributed by atoms with Crippen LogP contribution in [0.25, 0.3) is 10.8 Å². The van der Waals surface area contributed by atoms with E-state index in [9.17, 15) is 9.90 Å². The van der Waals surface area contributed by atoms with E-state index in [0.717, 1.165) is 36.8 Å². The molecule has 1 fully saturated rings. The van der Waals surface area contributed by atoms with Crippen LogP contribution in [-0.2, 0) is 4.79 Å². The molecular weight excluding hydrogens is 470 g/mol. The molecule has 4 nitrogen and oxygen atoms in total. The van der Waals surface area contributed by atoms with Crippen molar-refractivity contribution in [3.63, 3.8) is 0 Å². The minimum absolute atomic E-state index is 0.131. The number of unbranched alkanes of at least 4 members (excludes halogenated alkanes) is 1. The van der Waals surface area contributed by atoms with E-state index in [1.165, 1.54) is 34.2 Å². The molecule has 33 heavy (non-hydrogen) atoms. The fourth-order valence-electron chi connectivity index (χ4n) is 3.71. The molecule has 0 radical (unpaired) electrons. The number of fused-ring (bicyclic) bond motifs is 1. The molecule has 0 saturated carbocycles. The minimum atomic E-state index is -0.913. The number of hydrogen-bond donors (Lipinski definition) is 1. The molecule has 3 aromatic rings. The average Bonchev–Trinajstić information content (AvgIpc) is 3.55. The summed E-state index contributed by atoms with van der Waals surface area (Å²) in [7, 11) is 5.99. The zero-order chi connectivity index (χ0) is 23.3. The minimum Gasteiger partial charge on any atom is -0.550 e. The highest BCUT2D eigenvalue weighted by Gasteiger charge is 2.17. The number of rotatable bonds is 11. The van der Waals surface area contributed by atoms with Crippen LogP contribution in [0.4, 0.5) is 0 Å². The fraction of sp³-hybridized carbons (Fsp3) is 0.423. The van der Waals surface area contributed by atoms with Crippen LogP contribution in [0, 0.1) is 0 Å². The molecule has 2 aromatic carbocycles. The van der Waals surface area contributed by atoms with Gasteiger partial charge in [-0.15, -0.1) is 11.3 Å². The Kier molecular flexibility index (Phi) is 11.4. The highest BCUT2D eigenvalue weighted by Crippen LogP contribution is 2.39. The second-order valence-electron chi connectivity index (χ2n) is 8.03. The number of carbonyl (C=O) groups excluding carboxylic acids is 1. The Morgan fingerprint density at radius 3 is 2.73 bits per heavy atom. The van der Waals surface area contributed by atoms with Crippen LogP contribution in [-0.4, -0.2) is 30.6 Å². The van der Waals surface area contributed by atoms with Crippen LogP contribution in [0.15, 0.2) is 60.0 Å². The smallest absolute Gasteiger partial charge is 0.138 e. The molecule has 1 aliphatic heterocycles. The first-order chi connectivity index (χ1) is 16.2. The molecule has 0 bridgehead atoms. The molecule has 1 unspecified atom stereocenters. The van der Waals surface area contributed by atoms with Gasteiger partial charge in [0.15, 0.2) is 0 Å². The van der Waals surface area contributed by atoms with E-state index < -0.39 is 5.97 Å². The van der Waals surface area contributed by atoms with Gasteiger partial charge in [-0.05, 0) is 48.6 Å². The van der Waals surface area contributed by atoms with Crippen molar-refractivity contribution in [2.45, 2.75) is 49.9 Å². The fourth-order valence-corrected chi connectivity index (χ4v) is 7.53. The Hall–Kier alpha value is -1.67. The molecule has 2 heterocycles. The Labute approximate surface area is 208 Å². The Balaban J connectivity index is 0.000000218. The third kappa shape index (κ3) is 8.89. The van der Waals surface area contributed by atoms with Crippen LogP contribution < -0.4 is 15.2 Å². The van der Waals surface area contributed by atoms with Gasteiger partial charge < -0.3 is 20.0 Å². The molecule has 2 atom stereocenters. The third-order valence-electron chi connectivity index (χ3n) is 5.48. The number of thiophene rings is 1. The van der Waals surface area contributed by atoms with E-state index in [1.807, 2.05) is 21.6 Å². The Morgan fingerprint density at radius 1 is 1.15 bits per heavy atom. The van der Waals surface area contributed by atoms with Gasteiger partial charge in [-0.2, -0.15) is 0 Å². The molecule has 178 valence electrons. The number of quaternary nitrogens is 1. The van der Waals surface area contributed by atoms with Gasteiger partial charge >= 0.3 is 0 Å². The van der Waals surface area contributed by atoms with E-state index in [-0.39, 0.29) is 12.5 Å². The van der Waals surface area contributed by atoms with Gasteiger partial charge in [-0.3, -0.25) is 0 Å². The maximum atomic E-state index is 10.1. The molecule has 2 N–H and O–H groups in total. The van der Waals surface area contributed by atoms with Gasteiger partial charge in [0.25, 0.3) is 0 Å². The van der Waals surface area contributed by atoms with Crippen molar-refractivity contribution < 1.29 is 20.0 Å². The lowest BCUT2D eigenvalue weighted by Gasteiger charge is -2.18. The van der Waals surface area contributed by atoms with Crippen molar-refractivity contribution in [1.29, 1.82) is 0 Å². The normalized spacial score (nSPS) is 16.2. The first-order valence-corrected chi connectivity index (χ1v) is 14.9. The topological polar surface area (TPSA) is 66.0 Å². The predicted molar refractivity (Wildman–Crippen MR) is 141 cm³/mol. The molecule has 1 aromatic heterocycles. The maximum Gasteiger partial charge on any atom is 0.138 e. The van der Waals surface area contributed by atoms with Crippen LogP contribution in [0.5, 0.6) is 5.75 Å². The van der Waals surface area contributed by atoms with Crippen molar-refractivity contribution >= 4 is 49.7 Å². The van der Waals surface area contributed by atoms with E-state index in [1.54, 1.807) is 11.3 Å². The highest BCUT2D eigenvalue weighted by atomic mass is 33.1. The first-order valence-electron chi connectivity index (χ1n) is 11.6. The predicted octanol–water partition coefficient (Wildman–Crippen LogP) is 5.06. The summed E-state index contributed by atoms with van der Waals surface area (Å²) in [4.78, 5) is 11.4. The van der Waals surface area contributed by atoms with Crippen molar-refractivity contribution in [1.82, 2.24) is 0 Å². The summed E-state index contributed by atoms with van der Waals surface area (Å²) in [5, 5.41) is 17.6. The summed E-state index contributed by atoms with van der Waals surface area (Å²) >= 11 is 1.77. The number of hydrogen-bond acceptors (Lipinski definition) is 6. The van der Waals surface area contributed by atoms with Crippen LogP contribution in [0.1, 0.15) is 49.5 Å². The molecule has 0 spiro atoms. The van der Waals surface area contributed by atoms with Crippen molar-refractivity contribution in [3.05, 3.63) is 64.9 Å². The van der Waals surface area contributed by atoms with Gasteiger partial charge in [0.05, 0.1) is 13.6 Å². The zero-order valence-corrected chi connectivity index (χ0v) is 21.6. The van der Waals surface area contributed by atoms with Crippen molar-refractivity contribution in [2.24, 2.45) is 0 Å². The second-order valence-corrected chi connectivity index (χ2v) is 11.8. The molecule has 0 amide bonds. The standard InChI is InChI=1S/C18H19NOS.C8H14O2S2/c1-19-12-11-17(18-10-5-13-21-18)20-16-9-4-7-14-6-2-3-8-15(14)16;9-8(10)4-2-1-3-7-5-6-11-12-7/h2-10,13,17,19H,11-12H2,1H3;7H,1-6H2,(H,9,10)/t;7-/m.1/s1. The van der Waals surface area contributed by atoms with E-state index >= 15 is 0 Å². The number of ether oxygens (including phenoxy) is 1. The summed E-state index contributed by atoms with van der Waals surface area (Å²) in [6.07, 6.45) is 5.65. The monoisotopic (exact) mass is 503 g/mol. The second kappa shape index (κ2) is 14.6. The van der Waals surface area contributed by atoms with Gasteiger partial charge in [-0.1, -0.05) is 70.5 Å².